The summed E-state index contributed by atoms with van der Waals surface area (Å²) in [7, 11) is 0. The van der Waals surface area contributed by atoms with E-state index >= 15 is 0 Å². The van der Waals surface area contributed by atoms with Gasteiger partial charge in [0.05, 0.1) is 0 Å². The molecule has 1 aromatic heterocycles. The lowest BCUT2D eigenvalue weighted by Crippen LogP contribution is -2.08. The molecule has 14 heavy (non-hydrogen) atoms. The van der Waals surface area contributed by atoms with Gasteiger partial charge in [0, 0.05) is 24.5 Å². The van der Waals surface area contributed by atoms with Crippen LogP contribution in [-0.2, 0) is 0 Å². The fourth-order valence-electron chi connectivity index (χ4n) is 1.70. The van der Waals surface area contributed by atoms with Crippen LogP contribution in [0.1, 0.15) is 20.3 Å². The second-order valence-corrected chi connectivity index (χ2v) is 4.74. The molecule has 0 saturated heterocycles. The van der Waals surface area contributed by atoms with Crippen molar-refractivity contribution < 1.29 is 0 Å². The standard InChI is InChI=1S/C11H17N3/c1-11(2)6-8(11)7-14-10-5-9(12)3-4-13-10/h3-5,8H,6-7H2,1-2H3,(H3,12,13,14). The minimum absolute atomic E-state index is 0.521. The topological polar surface area (TPSA) is 50.9 Å². The number of rotatable bonds is 3. The first kappa shape index (κ1) is 9.31. The van der Waals surface area contributed by atoms with E-state index in [1.165, 1.54) is 6.42 Å². The zero-order chi connectivity index (χ0) is 10.2. The average molecular weight is 191 g/mol. The summed E-state index contributed by atoms with van der Waals surface area (Å²) in [6.45, 7) is 5.60. The van der Waals surface area contributed by atoms with Crippen LogP contribution in [-0.4, -0.2) is 11.5 Å². The summed E-state index contributed by atoms with van der Waals surface area (Å²) in [5, 5.41) is 3.31. The van der Waals surface area contributed by atoms with Crippen LogP contribution in [0, 0.1) is 11.3 Å². The van der Waals surface area contributed by atoms with Gasteiger partial charge in [0.25, 0.3) is 0 Å². The fraction of sp³-hybridized carbons (Fsp3) is 0.545. The number of hydrogen-bond donors (Lipinski definition) is 2. The highest BCUT2D eigenvalue weighted by atomic mass is 15.0. The maximum Gasteiger partial charge on any atom is 0.127 e. The molecule has 0 radical (unpaired) electrons. The Kier molecular flexibility index (Phi) is 2.10. The summed E-state index contributed by atoms with van der Waals surface area (Å²) in [4.78, 5) is 4.20. The van der Waals surface area contributed by atoms with Gasteiger partial charge in [0.1, 0.15) is 5.82 Å². The van der Waals surface area contributed by atoms with E-state index in [-0.39, 0.29) is 0 Å². The molecule has 3 nitrogen and oxygen atoms in total. The van der Waals surface area contributed by atoms with E-state index in [0.717, 1.165) is 24.0 Å². The quantitative estimate of drug-likeness (QED) is 0.769. The lowest BCUT2D eigenvalue weighted by atomic mass is 10.1. The van der Waals surface area contributed by atoms with Crippen molar-refractivity contribution in [3.8, 4) is 0 Å². The SMILES string of the molecule is CC1(C)CC1CNc1cc(N)ccn1. The Morgan fingerprint density at radius 2 is 2.36 bits per heavy atom. The number of nitrogen functional groups attached to an aromatic ring is 1. The largest absolute Gasteiger partial charge is 0.399 e. The molecule has 1 heterocycles. The number of pyridine rings is 1. The Hall–Kier alpha value is -1.25. The molecular formula is C11H17N3. The Morgan fingerprint density at radius 3 is 2.93 bits per heavy atom. The van der Waals surface area contributed by atoms with Crippen molar-refractivity contribution in [3.63, 3.8) is 0 Å². The summed E-state index contributed by atoms with van der Waals surface area (Å²) in [6.07, 6.45) is 3.04. The normalized spacial score (nSPS) is 23.1. The molecule has 76 valence electrons. The molecule has 2 rings (SSSR count). The molecule has 0 amide bonds. The fourth-order valence-corrected chi connectivity index (χ4v) is 1.70. The minimum Gasteiger partial charge on any atom is -0.399 e. The van der Waals surface area contributed by atoms with Crippen molar-refractivity contribution in [1.29, 1.82) is 0 Å². The van der Waals surface area contributed by atoms with Crippen LogP contribution in [0.15, 0.2) is 18.3 Å². The van der Waals surface area contributed by atoms with Crippen LogP contribution in [0.4, 0.5) is 11.5 Å². The Balaban J connectivity index is 1.87. The number of aromatic nitrogens is 1. The van der Waals surface area contributed by atoms with Gasteiger partial charge in [-0.25, -0.2) is 4.98 Å². The van der Waals surface area contributed by atoms with Crippen molar-refractivity contribution in [2.24, 2.45) is 11.3 Å². The van der Waals surface area contributed by atoms with Crippen LogP contribution in [0.2, 0.25) is 0 Å². The van der Waals surface area contributed by atoms with Crippen molar-refractivity contribution in [3.05, 3.63) is 18.3 Å². The van der Waals surface area contributed by atoms with Crippen molar-refractivity contribution in [2.75, 3.05) is 17.6 Å². The van der Waals surface area contributed by atoms with Gasteiger partial charge < -0.3 is 11.1 Å². The van der Waals surface area contributed by atoms with Crippen molar-refractivity contribution in [1.82, 2.24) is 4.98 Å². The second-order valence-electron chi connectivity index (χ2n) is 4.74. The molecule has 1 fully saturated rings. The molecule has 3 N–H and O–H groups in total. The predicted molar refractivity (Wildman–Crippen MR) is 59.0 cm³/mol. The zero-order valence-corrected chi connectivity index (χ0v) is 8.75. The van der Waals surface area contributed by atoms with Gasteiger partial charge >= 0.3 is 0 Å². The van der Waals surface area contributed by atoms with E-state index < -0.39 is 0 Å². The third-order valence-electron chi connectivity index (χ3n) is 3.03. The summed E-state index contributed by atoms with van der Waals surface area (Å²) in [6, 6.07) is 3.67. The van der Waals surface area contributed by atoms with Crippen LogP contribution in [0.3, 0.4) is 0 Å². The number of anilines is 2. The highest BCUT2D eigenvalue weighted by Crippen LogP contribution is 2.51. The van der Waals surface area contributed by atoms with Crippen LogP contribution in [0.5, 0.6) is 0 Å². The smallest absolute Gasteiger partial charge is 0.127 e. The molecule has 1 aromatic rings. The molecule has 0 spiro atoms. The number of nitrogens with two attached hydrogens (primary N) is 1. The number of nitrogens with zero attached hydrogens (tertiary/aromatic N) is 1. The monoisotopic (exact) mass is 191 g/mol. The van der Waals surface area contributed by atoms with Crippen molar-refractivity contribution in [2.45, 2.75) is 20.3 Å². The molecule has 0 bridgehead atoms. The van der Waals surface area contributed by atoms with Crippen LogP contribution >= 0.6 is 0 Å². The van der Waals surface area contributed by atoms with Gasteiger partial charge in [0.15, 0.2) is 0 Å². The van der Waals surface area contributed by atoms with Gasteiger partial charge in [-0.2, -0.15) is 0 Å². The van der Waals surface area contributed by atoms with Gasteiger partial charge in [-0.05, 0) is 23.8 Å². The zero-order valence-electron chi connectivity index (χ0n) is 8.75. The van der Waals surface area contributed by atoms with Gasteiger partial charge in [0.2, 0.25) is 0 Å². The Bertz CT molecular complexity index is 333. The molecule has 1 unspecified atom stereocenters. The van der Waals surface area contributed by atoms with Gasteiger partial charge in [-0.3, -0.25) is 0 Å². The summed E-state index contributed by atoms with van der Waals surface area (Å²) < 4.78 is 0. The summed E-state index contributed by atoms with van der Waals surface area (Å²) >= 11 is 0. The van der Waals surface area contributed by atoms with Gasteiger partial charge in [-0.1, -0.05) is 13.8 Å². The number of hydrogen-bond acceptors (Lipinski definition) is 3. The Labute approximate surface area is 84.7 Å². The summed E-state index contributed by atoms with van der Waals surface area (Å²) in [5.41, 5.74) is 6.94. The van der Waals surface area contributed by atoms with Crippen molar-refractivity contribution >= 4 is 11.5 Å². The average Bonchev–Trinajstić information content (AvgIpc) is 2.71. The van der Waals surface area contributed by atoms with E-state index in [1.807, 2.05) is 6.07 Å². The van der Waals surface area contributed by atoms with E-state index in [2.05, 4.69) is 24.1 Å². The minimum atomic E-state index is 0.521. The van der Waals surface area contributed by atoms with E-state index in [0.29, 0.717) is 5.41 Å². The summed E-state index contributed by atoms with van der Waals surface area (Å²) in [5.74, 6) is 1.67. The predicted octanol–water partition coefficient (Wildman–Crippen LogP) is 2.12. The molecule has 3 heteroatoms. The van der Waals surface area contributed by atoms with Crippen LogP contribution < -0.4 is 11.1 Å². The lowest BCUT2D eigenvalue weighted by molar-refractivity contribution is 0.573. The highest BCUT2D eigenvalue weighted by Gasteiger charge is 2.44. The maximum atomic E-state index is 5.65. The van der Waals surface area contributed by atoms with E-state index in [9.17, 15) is 0 Å². The molecule has 0 aliphatic heterocycles. The van der Waals surface area contributed by atoms with Crippen LogP contribution in [0.25, 0.3) is 0 Å². The molecule has 1 saturated carbocycles. The Morgan fingerprint density at radius 1 is 1.64 bits per heavy atom. The first-order valence-electron chi connectivity index (χ1n) is 5.03. The molecule has 0 aromatic carbocycles. The molecule has 1 aliphatic carbocycles. The third-order valence-corrected chi connectivity index (χ3v) is 3.03. The first-order valence-corrected chi connectivity index (χ1v) is 5.03. The van der Waals surface area contributed by atoms with E-state index in [4.69, 9.17) is 5.73 Å². The second kappa shape index (κ2) is 3.15. The lowest BCUT2D eigenvalue weighted by Gasteiger charge is -2.06. The third kappa shape index (κ3) is 1.97. The highest BCUT2D eigenvalue weighted by molar-refractivity contribution is 5.48. The molecular weight excluding hydrogens is 174 g/mol. The van der Waals surface area contributed by atoms with Gasteiger partial charge in [-0.15, -0.1) is 0 Å². The van der Waals surface area contributed by atoms with E-state index in [1.54, 1.807) is 12.3 Å². The molecule has 1 atom stereocenters. The maximum absolute atomic E-state index is 5.65. The number of nitrogens with one attached hydrogen (secondary N) is 1. The first-order chi connectivity index (χ1) is 6.58. The molecule has 1 aliphatic rings.